The van der Waals surface area contributed by atoms with E-state index in [4.69, 9.17) is 33.3 Å². The lowest BCUT2D eigenvalue weighted by molar-refractivity contribution is -0.137. The topological polar surface area (TPSA) is 62.8 Å². The first-order valence-electron chi connectivity index (χ1n) is 9.26. The quantitative estimate of drug-likeness (QED) is 0.638. The number of ether oxygens (including phenoxy) is 2. The predicted octanol–water partition coefficient (Wildman–Crippen LogP) is 4.09. The van der Waals surface area contributed by atoms with Crippen molar-refractivity contribution in [2.75, 3.05) is 43.1 Å². The fraction of sp³-hybridized carbons (Fsp3) is 0.300. The molecule has 0 bridgehead atoms. The molecule has 1 aliphatic heterocycles. The first kappa shape index (κ1) is 23.1. The van der Waals surface area contributed by atoms with Crippen molar-refractivity contribution in [3.8, 4) is 5.75 Å². The number of thiocarbonyl (C=S) groups is 1. The molecule has 1 amide bonds. The largest absolute Gasteiger partial charge is 0.482 e. The molecule has 0 saturated carbocycles. The standard InChI is InChI=1S/C20H19ClF3N3O3S/c21-14-3-1-2-4-17(14)30-12-18(28)26-19(31)25-15-11-13(20(22,23)24)5-6-16(15)27-7-9-29-10-8-27/h1-6,11H,7-10,12H2,(H2,25,26,28,31). The molecule has 11 heteroatoms. The molecule has 1 saturated heterocycles. The van der Waals surface area contributed by atoms with Crippen LogP contribution in [0.3, 0.4) is 0 Å². The van der Waals surface area contributed by atoms with Gasteiger partial charge in [-0.15, -0.1) is 0 Å². The van der Waals surface area contributed by atoms with Crippen molar-refractivity contribution >= 4 is 46.2 Å². The zero-order chi connectivity index (χ0) is 22.4. The van der Waals surface area contributed by atoms with Crippen LogP contribution in [-0.4, -0.2) is 43.9 Å². The molecule has 2 aromatic carbocycles. The SMILES string of the molecule is O=C(COc1ccccc1Cl)NC(=S)Nc1cc(C(F)(F)F)ccc1N1CCOCC1. The van der Waals surface area contributed by atoms with Crippen LogP contribution in [0.15, 0.2) is 42.5 Å². The highest BCUT2D eigenvalue weighted by Crippen LogP contribution is 2.35. The van der Waals surface area contributed by atoms with E-state index in [-0.39, 0.29) is 17.4 Å². The highest BCUT2D eigenvalue weighted by molar-refractivity contribution is 7.80. The van der Waals surface area contributed by atoms with E-state index >= 15 is 0 Å². The third kappa shape index (κ3) is 6.46. The van der Waals surface area contributed by atoms with E-state index < -0.39 is 17.6 Å². The lowest BCUT2D eigenvalue weighted by Gasteiger charge is -2.31. The van der Waals surface area contributed by atoms with Crippen molar-refractivity contribution in [1.29, 1.82) is 0 Å². The first-order chi connectivity index (χ1) is 14.7. The molecule has 31 heavy (non-hydrogen) atoms. The number of amides is 1. The molecule has 0 unspecified atom stereocenters. The summed E-state index contributed by atoms with van der Waals surface area (Å²) in [6.07, 6.45) is -4.52. The van der Waals surface area contributed by atoms with Gasteiger partial charge in [-0.3, -0.25) is 10.1 Å². The molecule has 1 heterocycles. The van der Waals surface area contributed by atoms with Gasteiger partial charge in [0.05, 0.1) is 35.2 Å². The Morgan fingerprint density at radius 1 is 1.19 bits per heavy atom. The van der Waals surface area contributed by atoms with Crippen molar-refractivity contribution in [2.24, 2.45) is 0 Å². The Hall–Kier alpha value is -2.56. The highest BCUT2D eigenvalue weighted by atomic mass is 35.5. The van der Waals surface area contributed by atoms with Gasteiger partial charge in [0.1, 0.15) is 5.75 Å². The zero-order valence-electron chi connectivity index (χ0n) is 16.2. The second-order valence-electron chi connectivity index (χ2n) is 6.55. The number of morpholine rings is 1. The lowest BCUT2D eigenvalue weighted by Crippen LogP contribution is -2.39. The van der Waals surface area contributed by atoms with Crippen LogP contribution in [0.4, 0.5) is 24.5 Å². The van der Waals surface area contributed by atoms with Gasteiger partial charge in [0.15, 0.2) is 11.7 Å². The van der Waals surface area contributed by atoms with Gasteiger partial charge < -0.3 is 19.7 Å². The first-order valence-corrected chi connectivity index (χ1v) is 10.0. The van der Waals surface area contributed by atoms with E-state index in [1.165, 1.54) is 6.07 Å². The molecule has 2 aromatic rings. The van der Waals surface area contributed by atoms with Crippen LogP contribution in [0.1, 0.15) is 5.56 Å². The monoisotopic (exact) mass is 473 g/mol. The van der Waals surface area contributed by atoms with Gasteiger partial charge in [0.25, 0.3) is 5.91 Å². The summed E-state index contributed by atoms with van der Waals surface area (Å²) in [5, 5.41) is 5.28. The number of halogens is 4. The number of hydrogen-bond acceptors (Lipinski definition) is 5. The smallest absolute Gasteiger partial charge is 0.416 e. The molecule has 0 aromatic heterocycles. The second-order valence-corrected chi connectivity index (χ2v) is 7.37. The van der Waals surface area contributed by atoms with E-state index in [1.807, 2.05) is 4.90 Å². The minimum absolute atomic E-state index is 0.133. The Morgan fingerprint density at radius 3 is 2.58 bits per heavy atom. The van der Waals surface area contributed by atoms with Crippen molar-refractivity contribution in [1.82, 2.24) is 5.32 Å². The Labute approximate surface area is 187 Å². The van der Waals surface area contributed by atoms with Crippen LogP contribution in [-0.2, 0) is 15.7 Å². The number of nitrogens with one attached hydrogen (secondary N) is 2. The summed E-state index contributed by atoms with van der Waals surface area (Å²) in [6, 6.07) is 9.98. The van der Waals surface area contributed by atoms with Gasteiger partial charge >= 0.3 is 6.18 Å². The number of alkyl halides is 3. The molecule has 0 atom stereocenters. The summed E-state index contributed by atoms with van der Waals surface area (Å²) >= 11 is 11.1. The molecule has 0 radical (unpaired) electrons. The maximum atomic E-state index is 13.2. The number of para-hydroxylation sites is 1. The molecule has 166 valence electrons. The van der Waals surface area contributed by atoms with Crippen LogP contribution < -0.4 is 20.3 Å². The molecule has 6 nitrogen and oxygen atoms in total. The zero-order valence-corrected chi connectivity index (χ0v) is 17.7. The second kappa shape index (κ2) is 10.2. The minimum atomic E-state index is -4.52. The van der Waals surface area contributed by atoms with Crippen LogP contribution in [0.5, 0.6) is 5.75 Å². The molecule has 0 spiro atoms. The van der Waals surface area contributed by atoms with Crippen LogP contribution in [0.25, 0.3) is 0 Å². The van der Waals surface area contributed by atoms with Gasteiger partial charge in [-0.05, 0) is 42.5 Å². The van der Waals surface area contributed by atoms with Gasteiger partial charge in [-0.2, -0.15) is 13.2 Å². The van der Waals surface area contributed by atoms with E-state index in [9.17, 15) is 18.0 Å². The fourth-order valence-corrected chi connectivity index (χ4v) is 3.33. The number of carbonyl (C=O) groups is 1. The normalized spacial score (nSPS) is 14.1. The van der Waals surface area contributed by atoms with Crippen molar-refractivity contribution in [3.05, 3.63) is 53.1 Å². The minimum Gasteiger partial charge on any atom is -0.482 e. The molecular weight excluding hydrogens is 455 g/mol. The van der Waals surface area contributed by atoms with E-state index in [2.05, 4.69) is 10.6 Å². The lowest BCUT2D eigenvalue weighted by atomic mass is 10.1. The highest BCUT2D eigenvalue weighted by Gasteiger charge is 2.31. The number of rotatable bonds is 5. The molecule has 1 fully saturated rings. The number of carbonyl (C=O) groups excluding carboxylic acids is 1. The van der Waals surface area contributed by atoms with E-state index in [0.29, 0.717) is 42.8 Å². The average molecular weight is 474 g/mol. The third-order valence-electron chi connectivity index (χ3n) is 4.37. The van der Waals surface area contributed by atoms with Crippen molar-refractivity contribution in [2.45, 2.75) is 6.18 Å². The number of anilines is 2. The van der Waals surface area contributed by atoms with Crippen LogP contribution in [0.2, 0.25) is 5.02 Å². The molecule has 2 N–H and O–H groups in total. The van der Waals surface area contributed by atoms with Gasteiger partial charge in [-0.1, -0.05) is 23.7 Å². The number of benzene rings is 2. The maximum absolute atomic E-state index is 13.2. The Balaban J connectivity index is 1.68. The molecular formula is C20H19ClF3N3O3S. The average Bonchev–Trinajstić information content (AvgIpc) is 2.73. The summed E-state index contributed by atoms with van der Waals surface area (Å²) < 4.78 is 50.2. The maximum Gasteiger partial charge on any atom is 0.416 e. The van der Waals surface area contributed by atoms with Gasteiger partial charge in [0, 0.05) is 13.1 Å². The third-order valence-corrected chi connectivity index (χ3v) is 4.89. The Morgan fingerprint density at radius 2 is 1.90 bits per heavy atom. The summed E-state index contributed by atoms with van der Waals surface area (Å²) in [7, 11) is 0. The number of nitrogens with zero attached hydrogens (tertiary/aromatic N) is 1. The van der Waals surface area contributed by atoms with Crippen molar-refractivity contribution in [3.63, 3.8) is 0 Å². The van der Waals surface area contributed by atoms with Crippen LogP contribution >= 0.6 is 23.8 Å². The van der Waals surface area contributed by atoms with E-state index in [1.54, 1.807) is 24.3 Å². The summed E-state index contributed by atoms with van der Waals surface area (Å²) in [6.45, 7) is 1.59. The predicted molar refractivity (Wildman–Crippen MR) is 116 cm³/mol. The fourth-order valence-electron chi connectivity index (χ4n) is 2.91. The summed E-state index contributed by atoms with van der Waals surface area (Å²) in [5.41, 5.74) is -0.169. The van der Waals surface area contributed by atoms with Gasteiger partial charge in [0.2, 0.25) is 0 Å². The molecule has 3 rings (SSSR count). The summed E-state index contributed by atoms with van der Waals surface area (Å²) in [4.78, 5) is 14.0. The molecule has 0 aliphatic carbocycles. The van der Waals surface area contributed by atoms with Crippen molar-refractivity contribution < 1.29 is 27.4 Å². The molecule has 1 aliphatic rings. The Kier molecular flexibility index (Phi) is 7.58. The Bertz CT molecular complexity index is 953. The summed E-state index contributed by atoms with van der Waals surface area (Å²) in [5.74, 6) is -0.261. The van der Waals surface area contributed by atoms with Crippen LogP contribution in [0, 0.1) is 0 Å². The van der Waals surface area contributed by atoms with E-state index in [0.717, 1.165) is 12.1 Å². The van der Waals surface area contributed by atoms with Gasteiger partial charge in [-0.25, -0.2) is 0 Å². The number of hydrogen-bond donors (Lipinski definition) is 2.